The molecule has 0 saturated heterocycles. The van der Waals surface area contributed by atoms with Crippen molar-refractivity contribution in [1.82, 2.24) is 9.97 Å². The van der Waals surface area contributed by atoms with Gasteiger partial charge in [0.2, 0.25) is 0 Å². The summed E-state index contributed by atoms with van der Waals surface area (Å²) < 4.78 is 0. The van der Waals surface area contributed by atoms with E-state index in [2.05, 4.69) is 9.97 Å². The minimum Gasteiger partial charge on any atom is -0.550 e. The van der Waals surface area contributed by atoms with E-state index < -0.39 is 5.97 Å². The number of hydrogen-bond donors (Lipinski definition) is 1. The van der Waals surface area contributed by atoms with E-state index in [1.165, 1.54) is 0 Å². The Kier molecular flexibility index (Phi) is 6.82. The molecule has 0 aliphatic carbocycles. The minimum absolute atomic E-state index is 0. The summed E-state index contributed by atoms with van der Waals surface area (Å²) in [7, 11) is 0. The van der Waals surface area contributed by atoms with Gasteiger partial charge < -0.3 is 14.9 Å². The second-order valence-electron chi connectivity index (χ2n) is 5.14. The molecule has 2 aromatic heterocycles. The van der Waals surface area contributed by atoms with Crippen LogP contribution in [0.2, 0.25) is 5.02 Å². The van der Waals surface area contributed by atoms with E-state index >= 15 is 0 Å². The van der Waals surface area contributed by atoms with Crippen LogP contribution in [0.3, 0.4) is 0 Å². The van der Waals surface area contributed by atoms with Crippen LogP contribution < -0.4 is 56.5 Å². The number of aromatic nitrogens is 2. The number of aromatic amines is 1. The number of aliphatic carboxylic acids is 1. The predicted molar refractivity (Wildman–Crippen MR) is 84.5 cm³/mol. The van der Waals surface area contributed by atoms with Crippen LogP contribution in [0.4, 0.5) is 0 Å². The molecule has 23 heavy (non-hydrogen) atoms. The van der Waals surface area contributed by atoms with Gasteiger partial charge >= 0.3 is 51.4 Å². The molecule has 3 rings (SSSR count). The molecule has 0 amide bonds. The van der Waals surface area contributed by atoms with Gasteiger partial charge in [-0.3, -0.25) is 4.98 Å². The molecule has 0 atom stereocenters. The standard InChI is InChI=1S/C17H15ClN2O2.K/c18-12-6-7-15-14(9-12)13(4-1-5-16(21)22)17(20-15)11-3-2-8-19-10-11;/h2-3,6-10,20H,1,4-5H2,(H,21,22);/q;+1/p-1. The Balaban J connectivity index is 0.00000192. The molecule has 3 aromatic rings. The number of carbonyl (C=O) groups is 1. The quantitative estimate of drug-likeness (QED) is 0.655. The van der Waals surface area contributed by atoms with E-state index in [-0.39, 0.29) is 57.8 Å². The molecule has 0 spiro atoms. The second-order valence-corrected chi connectivity index (χ2v) is 5.57. The molecule has 0 aliphatic heterocycles. The number of carbonyl (C=O) groups excluding carboxylic acids is 1. The van der Waals surface area contributed by atoms with Gasteiger partial charge in [0.25, 0.3) is 0 Å². The van der Waals surface area contributed by atoms with E-state index in [1.807, 2.05) is 30.3 Å². The van der Waals surface area contributed by atoms with Crippen LogP contribution in [0.5, 0.6) is 0 Å². The second kappa shape index (κ2) is 8.42. The first-order valence-corrected chi connectivity index (χ1v) is 7.43. The summed E-state index contributed by atoms with van der Waals surface area (Å²) in [6.45, 7) is 0. The molecule has 2 heterocycles. The number of rotatable bonds is 5. The number of hydrogen-bond acceptors (Lipinski definition) is 3. The van der Waals surface area contributed by atoms with Gasteiger partial charge in [0, 0.05) is 39.9 Å². The molecule has 0 unspecified atom stereocenters. The van der Waals surface area contributed by atoms with Gasteiger partial charge in [-0.05, 0) is 55.2 Å². The third-order valence-corrected chi connectivity index (χ3v) is 3.86. The van der Waals surface area contributed by atoms with Gasteiger partial charge in [0.05, 0.1) is 5.69 Å². The Morgan fingerprint density at radius 2 is 2.13 bits per heavy atom. The molecule has 0 aliphatic rings. The van der Waals surface area contributed by atoms with Gasteiger partial charge in [-0.15, -0.1) is 0 Å². The van der Waals surface area contributed by atoms with E-state index in [4.69, 9.17) is 11.6 Å². The number of nitrogens with zero attached hydrogens (tertiary/aromatic N) is 1. The monoisotopic (exact) mass is 352 g/mol. The van der Waals surface area contributed by atoms with Crippen molar-refractivity contribution < 1.29 is 61.3 Å². The topological polar surface area (TPSA) is 68.8 Å². The molecule has 4 nitrogen and oxygen atoms in total. The summed E-state index contributed by atoms with van der Waals surface area (Å²) in [5.74, 6) is -1.03. The Morgan fingerprint density at radius 1 is 1.30 bits per heavy atom. The number of carboxylic acid groups (broad SMARTS) is 1. The van der Waals surface area contributed by atoms with Crippen molar-refractivity contribution in [3.63, 3.8) is 0 Å². The summed E-state index contributed by atoms with van der Waals surface area (Å²) in [5.41, 5.74) is 3.97. The van der Waals surface area contributed by atoms with Crippen LogP contribution in [0.15, 0.2) is 42.7 Å². The molecular formula is C17H14ClKN2O2. The Labute approximate surface area is 181 Å². The van der Waals surface area contributed by atoms with Crippen molar-refractivity contribution in [2.24, 2.45) is 0 Å². The van der Waals surface area contributed by atoms with E-state index in [9.17, 15) is 9.90 Å². The summed E-state index contributed by atoms with van der Waals surface area (Å²) in [6.07, 6.45) is 4.71. The maximum atomic E-state index is 10.7. The SMILES string of the molecule is O=C([O-])CCCc1c(-c2cccnc2)[nH]c2ccc(Cl)cc12.[K+]. The van der Waals surface area contributed by atoms with Crippen molar-refractivity contribution in [3.05, 3.63) is 53.3 Å². The molecule has 112 valence electrons. The number of halogens is 1. The van der Waals surface area contributed by atoms with Crippen molar-refractivity contribution in [2.75, 3.05) is 0 Å². The molecule has 0 saturated carbocycles. The third-order valence-electron chi connectivity index (χ3n) is 3.63. The summed E-state index contributed by atoms with van der Waals surface area (Å²) >= 11 is 6.10. The number of H-pyrrole nitrogens is 1. The number of aryl methyl sites for hydroxylation is 1. The number of pyridine rings is 1. The maximum absolute atomic E-state index is 10.7. The number of benzene rings is 1. The average molecular weight is 353 g/mol. The van der Waals surface area contributed by atoms with E-state index in [1.54, 1.807) is 12.4 Å². The number of nitrogens with one attached hydrogen (secondary N) is 1. The maximum Gasteiger partial charge on any atom is 1.00 e. The van der Waals surface area contributed by atoms with Crippen molar-refractivity contribution in [2.45, 2.75) is 19.3 Å². The van der Waals surface area contributed by atoms with E-state index in [0.29, 0.717) is 17.9 Å². The van der Waals surface area contributed by atoms with Gasteiger partial charge in [0.1, 0.15) is 0 Å². The average Bonchev–Trinajstić information content (AvgIpc) is 2.86. The van der Waals surface area contributed by atoms with Crippen molar-refractivity contribution in [3.8, 4) is 11.3 Å². The molecule has 1 N–H and O–H groups in total. The molecule has 0 bridgehead atoms. The smallest absolute Gasteiger partial charge is 0.550 e. The Bertz CT molecular complexity index is 818. The third kappa shape index (κ3) is 4.44. The van der Waals surface area contributed by atoms with Gasteiger partial charge in [-0.2, -0.15) is 0 Å². The van der Waals surface area contributed by atoms with Gasteiger partial charge in [0.15, 0.2) is 0 Å². The van der Waals surface area contributed by atoms with Gasteiger partial charge in [-0.25, -0.2) is 0 Å². The molecule has 6 heteroatoms. The van der Waals surface area contributed by atoms with Crippen molar-refractivity contribution >= 4 is 28.5 Å². The normalized spacial score (nSPS) is 10.5. The molecule has 1 aromatic carbocycles. The fourth-order valence-corrected chi connectivity index (χ4v) is 2.82. The first kappa shape index (κ1) is 18.6. The fraction of sp³-hybridized carbons (Fsp3) is 0.176. The summed E-state index contributed by atoms with van der Waals surface area (Å²) in [6, 6.07) is 9.51. The number of fused-ring (bicyclic) bond motifs is 1. The van der Waals surface area contributed by atoms with Crippen LogP contribution in [-0.4, -0.2) is 15.9 Å². The van der Waals surface area contributed by atoms with E-state index in [0.717, 1.165) is 27.7 Å². The largest absolute Gasteiger partial charge is 1.00 e. The summed E-state index contributed by atoms with van der Waals surface area (Å²) in [5, 5.41) is 12.3. The molecule has 0 radical (unpaired) electrons. The Hall–Kier alpha value is -0.694. The van der Waals surface area contributed by atoms with Crippen molar-refractivity contribution in [1.29, 1.82) is 0 Å². The van der Waals surface area contributed by atoms with Crippen LogP contribution >= 0.6 is 11.6 Å². The molecule has 0 fully saturated rings. The van der Waals surface area contributed by atoms with Crippen LogP contribution in [0, 0.1) is 0 Å². The van der Waals surface area contributed by atoms with Gasteiger partial charge in [-0.1, -0.05) is 11.6 Å². The Morgan fingerprint density at radius 3 is 2.83 bits per heavy atom. The number of carboxylic acids is 1. The first-order valence-electron chi connectivity index (χ1n) is 7.05. The van der Waals surface area contributed by atoms with Crippen LogP contribution in [0.25, 0.3) is 22.2 Å². The predicted octanol–water partition coefficient (Wildman–Crippen LogP) is -0.0401. The fourth-order valence-electron chi connectivity index (χ4n) is 2.65. The zero-order valence-electron chi connectivity index (χ0n) is 12.8. The zero-order chi connectivity index (χ0) is 15.5. The minimum atomic E-state index is -1.03. The summed E-state index contributed by atoms with van der Waals surface area (Å²) in [4.78, 5) is 18.2. The first-order chi connectivity index (χ1) is 10.6. The molecular weight excluding hydrogens is 339 g/mol. The van der Waals surface area contributed by atoms with Crippen LogP contribution in [0.1, 0.15) is 18.4 Å². The van der Waals surface area contributed by atoms with Crippen LogP contribution in [-0.2, 0) is 11.2 Å². The zero-order valence-corrected chi connectivity index (χ0v) is 16.7.